The van der Waals surface area contributed by atoms with Crippen molar-refractivity contribution in [3.63, 3.8) is 0 Å². The molecule has 0 aliphatic carbocycles. The smallest absolute Gasteiger partial charge is 0.204 e. The van der Waals surface area contributed by atoms with Gasteiger partial charge in [0.2, 0.25) is 11.2 Å². The Labute approximate surface area is 67.2 Å². The second kappa shape index (κ2) is 2.93. The fraction of sp³-hybridized carbons (Fsp3) is 0. The predicted molar refractivity (Wildman–Crippen MR) is 35.5 cm³/mol. The lowest BCUT2D eigenvalue weighted by Crippen LogP contribution is -1.90. The Morgan fingerprint density at radius 3 is 2.00 bits per heavy atom. The number of hydrogen-bond acceptors (Lipinski definition) is 0. The molecule has 0 saturated heterocycles. The summed E-state index contributed by atoms with van der Waals surface area (Å²) in [7, 11) is 0. The molecule has 0 radical (unpaired) electrons. The molecule has 0 aromatic heterocycles. The van der Waals surface area contributed by atoms with Crippen molar-refractivity contribution in [1.29, 1.82) is 0 Å². The van der Waals surface area contributed by atoms with Crippen LogP contribution in [0, 0.1) is 11.6 Å². The maximum atomic E-state index is 12.4. The quantitative estimate of drug-likeness (QED) is 0.608. The van der Waals surface area contributed by atoms with Crippen LogP contribution in [-0.4, -0.2) is 0 Å². The Balaban J connectivity index is 3.26. The van der Waals surface area contributed by atoms with Crippen molar-refractivity contribution in [3.8, 4) is 0 Å². The molecule has 0 heterocycles. The van der Waals surface area contributed by atoms with Gasteiger partial charge >= 0.3 is 0 Å². The third-order valence-corrected chi connectivity index (χ3v) is 1.98. The summed E-state index contributed by atoms with van der Waals surface area (Å²) in [5.41, 5.74) is 0. The van der Waals surface area contributed by atoms with Crippen LogP contribution in [0.4, 0.5) is 20.4 Å². The Bertz CT molecular complexity index is 292. The van der Waals surface area contributed by atoms with E-state index in [0.29, 0.717) is 12.1 Å². The normalized spacial score (nSPS) is 13.1. The monoisotopic (exact) mass is 202 g/mol. The van der Waals surface area contributed by atoms with Gasteiger partial charge in [-0.15, -0.1) is 11.7 Å². The average molecular weight is 202 g/mol. The molecule has 0 unspecified atom stereocenters. The summed E-state index contributed by atoms with van der Waals surface area (Å²) in [5.74, 6) is -3.29. The molecule has 0 bridgehead atoms. The van der Waals surface area contributed by atoms with Crippen molar-refractivity contribution in [2.75, 3.05) is 0 Å². The van der Waals surface area contributed by atoms with E-state index in [4.69, 9.17) is 0 Å². The molecule has 0 aliphatic heterocycles. The lowest BCUT2D eigenvalue weighted by atomic mass is 10.3. The molecule has 6 heteroatoms. The van der Waals surface area contributed by atoms with Gasteiger partial charge in [-0.3, -0.25) is 0 Å². The predicted octanol–water partition coefficient (Wildman–Crippen LogP) is 3.78. The highest BCUT2D eigenvalue weighted by Gasteiger charge is 2.29. The third kappa shape index (κ3) is 1.69. The highest BCUT2D eigenvalue weighted by Crippen LogP contribution is 2.61. The third-order valence-electron chi connectivity index (χ3n) is 1.17. The van der Waals surface area contributed by atoms with Crippen LogP contribution in [-0.2, 0) is 0 Å². The lowest BCUT2D eigenvalue weighted by molar-refractivity contribution is 0.481. The Hall–Kier alpha value is -0.780. The molecule has 68 valence electrons. The second-order valence-electron chi connectivity index (χ2n) is 1.96. The van der Waals surface area contributed by atoms with E-state index >= 15 is 0 Å². The first-order valence-corrected chi connectivity index (χ1v) is 4.12. The maximum absolute atomic E-state index is 12.4. The van der Waals surface area contributed by atoms with E-state index in [-0.39, 0.29) is 0 Å². The van der Waals surface area contributed by atoms with Gasteiger partial charge in [-0.05, 0) is 12.1 Å². The highest BCUT2D eigenvalue weighted by atomic mass is 32.3. The fourth-order valence-electron chi connectivity index (χ4n) is 0.663. The summed E-state index contributed by atoms with van der Waals surface area (Å²) in [6.07, 6.45) is 0. The van der Waals surface area contributed by atoms with E-state index in [0.717, 1.165) is 6.07 Å². The minimum absolute atomic E-state index is 0.522. The SMILES string of the molecule is Fc1cccc(S(F)(F)F)c1F. The first-order valence-electron chi connectivity index (χ1n) is 2.79. The maximum Gasteiger partial charge on any atom is 0.240 e. The number of halogens is 5. The first-order chi connectivity index (χ1) is 5.43. The number of benzene rings is 1. The van der Waals surface area contributed by atoms with Gasteiger partial charge < -0.3 is 0 Å². The van der Waals surface area contributed by atoms with Crippen LogP contribution in [0.1, 0.15) is 0 Å². The van der Waals surface area contributed by atoms with Crippen LogP contribution in [0.3, 0.4) is 0 Å². The van der Waals surface area contributed by atoms with Crippen LogP contribution >= 0.6 is 11.2 Å². The molecule has 12 heavy (non-hydrogen) atoms. The zero-order valence-electron chi connectivity index (χ0n) is 5.53. The zero-order chi connectivity index (χ0) is 9.35. The van der Waals surface area contributed by atoms with Gasteiger partial charge in [0, 0.05) is 0 Å². The molecule has 0 N–H and O–H groups in total. The molecule has 0 aliphatic rings. The molecule has 1 rings (SSSR count). The van der Waals surface area contributed by atoms with Gasteiger partial charge in [0.1, 0.15) is 4.90 Å². The van der Waals surface area contributed by atoms with Gasteiger partial charge in [-0.2, -0.15) is 0 Å². The minimum Gasteiger partial charge on any atom is -0.204 e. The lowest BCUT2D eigenvalue weighted by Gasteiger charge is -2.10. The van der Waals surface area contributed by atoms with E-state index in [1.807, 2.05) is 0 Å². The molecular formula is C6H3F5S. The van der Waals surface area contributed by atoms with E-state index in [1.54, 1.807) is 0 Å². The van der Waals surface area contributed by atoms with Crippen molar-refractivity contribution in [1.82, 2.24) is 0 Å². The van der Waals surface area contributed by atoms with Crippen molar-refractivity contribution < 1.29 is 20.4 Å². The summed E-state index contributed by atoms with van der Waals surface area (Å²) in [5, 5.41) is 0. The molecule has 1 aromatic rings. The summed E-state index contributed by atoms with van der Waals surface area (Å²) < 4.78 is 60.4. The van der Waals surface area contributed by atoms with E-state index in [9.17, 15) is 20.4 Å². The minimum atomic E-state index is -5.67. The standard InChI is InChI=1S/C6H3F5S/c7-4-2-1-3-5(6(4)8)12(9,10)11/h1-3H. The molecule has 0 amide bonds. The van der Waals surface area contributed by atoms with Crippen LogP contribution in [0.2, 0.25) is 0 Å². The fourth-order valence-corrected chi connectivity index (χ4v) is 1.20. The Morgan fingerprint density at radius 1 is 1.00 bits per heavy atom. The van der Waals surface area contributed by atoms with Crippen LogP contribution in [0.15, 0.2) is 23.1 Å². The van der Waals surface area contributed by atoms with E-state index in [1.165, 1.54) is 0 Å². The summed E-state index contributed by atoms with van der Waals surface area (Å²) in [4.78, 5) is -1.50. The first kappa shape index (κ1) is 9.31. The molecular weight excluding hydrogens is 199 g/mol. The Morgan fingerprint density at radius 2 is 1.58 bits per heavy atom. The van der Waals surface area contributed by atoms with Gasteiger partial charge in [-0.1, -0.05) is 6.07 Å². The van der Waals surface area contributed by atoms with Crippen LogP contribution in [0.5, 0.6) is 0 Å². The molecule has 0 spiro atoms. The molecule has 0 atom stereocenters. The van der Waals surface area contributed by atoms with Crippen molar-refractivity contribution >= 4 is 11.2 Å². The number of rotatable bonds is 1. The highest BCUT2D eigenvalue weighted by molar-refractivity contribution is 8.20. The number of hydrogen-bond donors (Lipinski definition) is 0. The molecule has 0 fully saturated rings. The zero-order valence-corrected chi connectivity index (χ0v) is 6.35. The summed E-state index contributed by atoms with van der Waals surface area (Å²) in [6.45, 7) is 0. The van der Waals surface area contributed by atoms with Crippen LogP contribution in [0.25, 0.3) is 0 Å². The van der Waals surface area contributed by atoms with Crippen molar-refractivity contribution in [3.05, 3.63) is 29.8 Å². The Kier molecular flexibility index (Phi) is 2.27. The largest absolute Gasteiger partial charge is 0.240 e. The van der Waals surface area contributed by atoms with E-state index in [2.05, 4.69) is 0 Å². The van der Waals surface area contributed by atoms with Gasteiger partial charge in [0.05, 0.1) is 0 Å². The van der Waals surface area contributed by atoms with Gasteiger partial charge in [0.15, 0.2) is 11.6 Å². The molecule has 0 nitrogen and oxygen atoms in total. The van der Waals surface area contributed by atoms with Gasteiger partial charge in [0.25, 0.3) is 0 Å². The van der Waals surface area contributed by atoms with Crippen molar-refractivity contribution in [2.45, 2.75) is 4.90 Å². The molecule has 0 saturated carbocycles. The summed E-state index contributed by atoms with van der Waals surface area (Å²) >= 11 is -5.67. The van der Waals surface area contributed by atoms with Crippen LogP contribution < -0.4 is 0 Å². The average Bonchev–Trinajstić information content (AvgIpc) is 1.92. The topological polar surface area (TPSA) is 0 Å². The van der Waals surface area contributed by atoms with E-state index < -0.39 is 27.7 Å². The summed E-state index contributed by atoms with van der Waals surface area (Å²) in [6, 6.07) is 1.99. The van der Waals surface area contributed by atoms with Gasteiger partial charge in [-0.25, -0.2) is 8.78 Å². The van der Waals surface area contributed by atoms with Crippen molar-refractivity contribution in [2.24, 2.45) is 0 Å². The molecule has 1 aromatic carbocycles. The second-order valence-corrected chi connectivity index (χ2v) is 3.21.